The highest BCUT2D eigenvalue weighted by molar-refractivity contribution is 9.10. The summed E-state index contributed by atoms with van der Waals surface area (Å²) in [5.41, 5.74) is 8.04. The Kier molecular flexibility index (Phi) is 4.81. The van der Waals surface area contributed by atoms with Crippen LogP contribution in [0.1, 0.15) is 11.1 Å². The van der Waals surface area contributed by atoms with E-state index in [-0.39, 0.29) is 5.75 Å². The SMILES string of the molecule is Cc1cc(Br)c(NS(=O)(=O)Cc2ccccc2N)cc1Cl. The van der Waals surface area contributed by atoms with Crippen molar-refractivity contribution in [1.29, 1.82) is 0 Å². The molecule has 21 heavy (non-hydrogen) atoms. The summed E-state index contributed by atoms with van der Waals surface area (Å²) in [6.45, 7) is 1.84. The summed E-state index contributed by atoms with van der Waals surface area (Å²) in [4.78, 5) is 0. The van der Waals surface area contributed by atoms with Gasteiger partial charge in [0.05, 0.1) is 11.4 Å². The molecule has 0 amide bonds. The van der Waals surface area contributed by atoms with Crippen LogP contribution in [0.25, 0.3) is 0 Å². The minimum Gasteiger partial charge on any atom is -0.398 e. The van der Waals surface area contributed by atoms with Crippen molar-refractivity contribution in [2.75, 3.05) is 10.5 Å². The lowest BCUT2D eigenvalue weighted by Gasteiger charge is -2.12. The minimum absolute atomic E-state index is 0.197. The zero-order valence-corrected chi connectivity index (χ0v) is 14.4. The molecule has 2 rings (SSSR count). The molecule has 0 aliphatic rings. The van der Waals surface area contributed by atoms with E-state index in [1.54, 1.807) is 36.4 Å². The van der Waals surface area contributed by atoms with Crippen molar-refractivity contribution >= 4 is 48.9 Å². The van der Waals surface area contributed by atoms with Crippen molar-refractivity contribution in [3.63, 3.8) is 0 Å². The molecular formula is C14H14BrClN2O2S. The maximum atomic E-state index is 12.2. The van der Waals surface area contributed by atoms with Crippen LogP contribution in [0.3, 0.4) is 0 Å². The van der Waals surface area contributed by atoms with Gasteiger partial charge in [-0.3, -0.25) is 4.72 Å². The minimum atomic E-state index is -3.58. The second-order valence-electron chi connectivity index (χ2n) is 4.64. The van der Waals surface area contributed by atoms with Crippen LogP contribution in [-0.2, 0) is 15.8 Å². The zero-order chi connectivity index (χ0) is 15.6. The quantitative estimate of drug-likeness (QED) is 0.778. The molecule has 4 nitrogen and oxygen atoms in total. The highest BCUT2D eigenvalue weighted by atomic mass is 79.9. The molecular weight excluding hydrogens is 376 g/mol. The summed E-state index contributed by atoms with van der Waals surface area (Å²) < 4.78 is 27.6. The van der Waals surface area contributed by atoms with E-state index >= 15 is 0 Å². The lowest BCUT2D eigenvalue weighted by Crippen LogP contribution is -2.16. The van der Waals surface area contributed by atoms with E-state index in [1.807, 2.05) is 6.92 Å². The third-order valence-corrected chi connectivity index (χ3v) is 5.20. The van der Waals surface area contributed by atoms with E-state index in [0.717, 1.165) is 5.56 Å². The van der Waals surface area contributed by atoms with Gasteiger partial charge in [0.1, 0.15) is 0 Å². The number of sulfonamides is 1. The molecule has 0 unspecified atom stereocenters. The van der Waals surface area contributed by atoms with Gasteiger partial charge in [-0.15, -0.1) is 0 Å². The van der Waals surface area contributed by atoms with Gasteiger partial charge in [-0.25, -0.2) is 8.42 Å². The molecule has 3 N–H and O–H groups in total. The average molecular weight is 390 g/mol. The van der Waals surface area contributed by atoms with Gasteiger partial charge in [0.15, 0.2) is 0 Å². The van der Waals surface area contributed by atoms with Crippen LogP contribution in [-0.4, -0.2) is 8.42 Å². The van der Waals surface area contributed by atoms with Crippen LogP contribution < -0.4 is 10.5 Å². The Labute approximate surface area is 137 Å². The van der Waals surface area contributed by atoms with E-state index in [4.69, 9.17) is 17.3 Å². The standard InChI is InChI=1S/C14H14BrClN2O2S/c1-9-6-11(15)14(7-12(9)16)18-21(19,20)8-10-4-2-3-5-13(10)17/h2-7,18H,8,17H2,1H3. The summed E-state index contributed by atoms with van der Waals surface area (Å²) in [6, 6.07) is 10.2. The van der Waals surface area contributed by atoms with Crippen LogP contribution in [0.5, 0.6) is 0 Å². The van der Waals surface area contributed by atoms with Crippen molar-refractivity contribution in [3.05, 3.63) is 57.0 Å². The molecule has 0 bridgehead atoms. The number of para-hydroxylation sites is 1. The average Bonchev–Trinajstić information content (AvgIpc) is 2.38. The topological polar surface area (TPSA) is 72.2 Å². The molecule has 0 radical (unpaired) electrons. The number of hydrogen-bond acceptors (Lipinski definition) is 3. The van der Waals surface area contributed by atoms with Crippen LogP contribution >= 0.6 is 27.5 Å². The second kappa shape index (κ2) is 6.25. The first-order valence-electron chi connectivity index (χ1n) is 6.08. The molecule has 0 heterocycles. The van der Waals surface area contributed by atoms with Gasteiger partial charge < -0.3 is 5.73 Å². The second-order valence-corrected chi connectivity index (χ2v) is 7.63. The summed E-state index contributed by atoms with van der Waals surface area (Å²) in [5, 5.41) is 0.495. The lowest BCUT2D eigenvalue weighted by atomic mass is 10.2. The molecule has 0 saturated carbocycles. The Morgan fingerprint density at radius 3 is 2.62 bits per heavy atom. The Hall–Kier alpha value is -1.24. The van der Waals surface area contributed by atoms with Gasteiger partial charge in [0.2, 0.25) is 10.0 Å². The number of aryl methyl sites for hydroxylation is 1. The number of halogens is 2. The number of anilines is 2. The molecule has 0 spiro atoms. The molecule has 2 aromatic carbocycles. The van der Waals surface area contributed by atoms with Crippen molar-refractivity contribution in [2.45, 2.75) is 12.7 Å². The first-order valence-corrected chi connectivity index (χ1v) is 8.90. The van der Waals surface area contributed by atoms with E-state index in [2.05, 4.69) is 20.7 Å². The van der Waals surface area contributed by atoms with E-state index < -0.39 is 10.0 Å². The number of nitrogens with two attached hydrogens (primary N) is 1. The van der Waals surface area contributed by atoms with Gasteiger partial charge in [-0.2, -0.15) is 0 Å². The van der Waals surface area contributed by atoms with Gasteiger partial charge in [0, 0.05) is 15.2 Å². The third-order valence-electron chi connectivity index (χ3n) is 2.91. The molecule has 0 aliphatic heterocycles. The van der Waals surface area contributed by atoms with E-state index in [0.29, 0.717) is 26.4 Å². The number of nitrogens with one attached hydrogen (secondary N) is 1. The lowest BCUT2D eigenvalue weighted by molar-refractivity contribution is 0.600. The van der Waals surface area contributed by atoms with Gasteiger partial charge in [0.25, 0.3) is 0 Å². The van der Waals surface area contributed by atoms with Crippen LogP contribution in [0.15, 0.2) is 40.9 Å². The summed E-state index contributed by atoms with van der Waals surface area (Å²) in [5.74, 6) is -0.197. The Morgan fingerprint density at radius 2 is 1.95 bits per heavy atom. The molecule has 2 aromatic rings. The van der Waals surface area contributed by atoms with Crippen molar-refractivity contribution in [2.24, 2.45) is 0 Å². The molecule has 0 saturated heterocycles. The monoisotopic (exact) mass is 388 g/mol. The van der Waals surface area contributed by atoms with Crippen molar-refractivity contribution in [1.82, 2.24) is 0 Å². The zero-order valence-electron chi connectivity index (χ0n) is 11.2. The smallest absolute Gasteiger partial charge is 0.237 e. The number of benzene rings is 2. The predicted octanol–water partition coefficient (Wildman–Crippen LogP) is 3.94. The highest BCUT2D eigenvalue weighted by Crippen LogP contribution is 2.30. The number of rotatable bonds is 4. The summed E-state index contributed by atoms with van der Waals surface area (Å²) >= 11 is 9.35. The van der Waals surface area contributed by atoms with Gasteiger partial charge >= 0.3 is 0 Å². The van der Waals surface area contributed by atoms with E-state index in [1.165, 1.54) is 0 Å². The Balaban J connectivity index is 2.26. The predicted molar refractivity (Wildman–Crippen MR) is 91.0 cm³/mol. The summed E-state index contributed by atoms with van der Waals surface area (Å²) in [7, 11) is -3.58. The molecule has 0 fully saturated rings. The molecule has 112 valence electrons. The maximum Gasteiger partial charge on any atom is 0.237 e. The first kappa shape index (κ1) is 16.1. The Morgan fingerprint density at radius 1 is 1.29 bits per heavy atom. The highest BCUT2D eigenvalue weighted by Gasteiger charge is 2.16. The molecule has 0 aromatic heterocycles. The normalized spacial score (nSPS) is 11.4. The van der Waals surface area contributed by atoms with Gasteiger partial charge in [-0.1, -0.05) is 29.8 Å². The molecule has 7 heteroatoms. The molecule has 0 atom stereocenters. The molecule has 0 aliphatic carbocycles. The first-order chi connectivity index (χ1) is 9.78. The number of nitrogen functional groups attached to an aromatic ring is 1. The maximum absolute atomic E-state index is 12.2. The number of hydrogen-bond donors (Lipinski definition) is 2. The fourth-order valence-electron chi connectivity index (χ4n) is 1.80. The fraction of sp³-hybridized carbons (Fsp3) is 0.143. The van der Waals surface area contributed by atoms with Crippen LogP contribution in [0, 0.1) is 6.92 Å². The van der Waals surface area contributed by atoms with Crippen molar-refractivity contribution < 1.29 is 8.42 Å². The van der Waals surface area contributed by atoms with Gasteiger partial charge in [-0.05, 0) is 52.2 Å². The fourth-order valence-corrected chi connectivity index (χ4v) is 3.90. The Bertz CT molecular complexity index is 779. The van der Waals surface area contributed by atoms with E-state index in [9.17, 15) is 8.42 Å². The van der Waals surface area contributed by atoms with Crippen LogP contribution in [0.2, 0.25) is 5.02 Å². The summed E-state index contributed by atoms with van der Waals surface area (Å²) in [6.07, 6.45) is 0. The largest absolute Gasteiger partial charge is 0.398 e. The third kappa shape index (κ3) is 4.12. The van der Waals surface area contributed by atoms with Crippen LogP contribution in [0.4, 0.5) is 11.4 Å². The van der Waals surface area contributed by atoms with Crippen molar-refractivity contribution in [3.8, 4) is 0 Å².